The van der Waals surface area contributed by atoms with Crippen molar-refractivity contribution in [3.63, 3.8) is 0 Å². The van der Waals surface area contributed by atoms with Gasteiger partial charge >= 0.3 is 7.82 Å². The molecule has 9 N–H and O–H groups in total. The molecule has 8 unspecified atom stereocenters. The summed E-state index contributed by atoms with van der Waals surface area (Å²) in [4.78, 5) is 23.3. The van der Waals surface area contributed by atoms with Gasteiger partial charge in [0.25, 0.3) is 0 Å². The van der Waals surface area contributed by atoms with Crippen LogP contribution in [0.3, 0.4) is 0 Å². The lowest BCUT2D eigenvalue weighted by Gasteiger charge is -2.41. The van der Waals surface area contributed by atoms with E-state index in [9.17, 15) is 50.0 Å². The molecule has 324 valence electrons. The average Bonchev–Trinajstić information content (AvgIpc) is 3.15. The minimum Gasteiger partial charge on any atom is -0.393 e. The molecule has 0 aromatic rings. The van der Waals surface area contributed by atoms with Crippen molar-refractivity contribution in [2.24, 2.45) is 0 Å². The smallest absolute Gasteiger partial charge is 0.393 e. The number of amides is 1. The van der Waals surface area contributed by atoms with Crippen molar-refractivity contribution in [2.45, 2.75) is 223 Å². The van der Waals surface area contributed by atoms with E-state index in [-0.39, 0.29) is 6.42 Å². The highest BCUT2D eigenvalue weighted by Gasteiger charge is 2.51. The van der Waals surface area contributed by atoms with Crippen molar-refractivity contribution in [1.29, 1.82) is 0 Å². The molecule has 0 radical (unpaired) electrons. The third kappa shape index (κ3) is 24.3. The Hall–Kier alpha value is -1.22. The standard InChI is InChI=1S/C41H78NO12P/c1-3-5-7-9-11-13-15-17-18-20-22-24-26-28-32(43)30-35(45)42-33(34(44)29-27-25-23-21-19-16-14-12-10-8-6-4-2)31-53-55(51,52)54-41-39(49)37(47)36(46)38(48)40(41)50/h13,15,27,29,32-34,36-41,43-44,46-50H,3-12,14,16-26,28,30-31H2,1-2H3,(H,42,45)(H,51,52)/b15-13-,29-27+. The summed E-state index contributed by atoms with van der Waals surface area (Å²) in [6.45, 7) is 3.68. The van der Waals surface area contributed by atoms with Gasteiger partial charge in [-0.15, -0.1) is 0 Å². The molecule has 8 atom stereocenters. The van der Waals surface area contributed by atoms with Gasteiger partial charge in [0.15, 0.2) is 0 Å². The van der Waals surface area contributed by atoms with Gasteiger partial charge in [-0.25, -0.2) is 4.57 Å². The van der Waals surface area contributed by atoms with Gasteiger partial charge in [-0.05, 0) is 44.9 Å². The Labute approximate surface area is 331 Å². The van der Waals surface area contributed by atoms with E-state index >= 15 is 0 Å². The van der Waals surface area contributed by atoms with Gasteiger partial charge in [0.2, 0.25) is 5.91 Å². The summed E-state index contributed by atoms with van der Waals surface area (Å²) in [7, 11) is -5.13. The Balaban J connectivity index is 2.62. The number of nitrogens with one attached hydrogen (secondary N) is 1. The molecule has 1 fully saturated rings. The molecule has 0 aromatic carbocycles. The summed E-state index contributed by atoms with van der Waals surface area (Å²) in [6.07, 6.45) is 18.5. The molecule has 0 spiro atoms. The van der Waals surface area contributed by atoms with Crippen LogP contribution in [0, 0.1) is 0 Å². The van der Waals surface area contributed by atoms with Gasteiger partial charge in [0, 0.05) is 0 Å². The number of phosphoric acid groups is 1. The number of allylic oxidation sites excluding steroid dienone is 3. The van der Waals surface area contributed by atoms with Crippen LogP contribution in [-0.4, -0.2) is 108 Å². The quantitative estimate of drug-likeness (QED) is 0.0207. The number of unbranched alkanes of at least 4 members (excludes halogenated alkanes) is 19. The number of carbonyl (C=O) groups is 1. The fourth-order valence-corrected chi connectivity index (χ4v) is 7.67. The van der Waals surface area contributed by atoms with Gasteiger partial charge in [-0.2, -0.15) is 0 Å². The van der Waals surface area contributed by atoms with Crippen molar-refractivity contribution >= 4 is 13.7 Å². The normalized spacial score (nSPS) is 24.6. The van der Waals surface area contributed by atoms with Gasteiger partial charge in [0.05, 0.1) is 31.3 Å². The van der Waals surface area contributed by atoms with E-state index in [0.717, 1.165) is 64.2 Å². The monoisotopic (exact) mass is 808 g/mol. The van der Waals surface area contributed by atoms with E-state index in [1.54, 1.807) is 6.08 Å². The van der Waals surface area contributed by atoms with Crippen molar-refractivity contribution in [2.75, 3.05) is 6.61 Å². The molecule has 13 nitrogen and oxygen atoms in total. The predicted octanol–water partition coefficient (Wildman–Crippen LogP) is 6.03. The van der Waals surface area contributed by atoms with Crippen molar-refractivity contribution in [1.82, 2.24) is 5.32 Å². The molecule has 1 aliphatic carbocycles. The zero-order chi connectivity index (χ0) is 40.9. The van der Waals surface area contributed by atoms with Gasteiger partial charge in [-0.1, -0.05) is 141 Å². The number of hydrogen-bond donors (Lipinski definition) is 9. The predicted molar refractivity (Wildman–Crippen MR) is 215 cm³/mol. The zero-order valence-electron chi connectivity index (χ0n) is 33.8. The second-order valence-corrected chi connectivity index (χ2v) is 16.8. The average molecular weight is 808 g/mol. The van der Waals surface area contributed by atoms with E-state index in [1.165, 1.54) is 76.7 Å². The first kappa shape index (κ1) is 51.8. The summed E-state index contributed by atoms with van der Waals surface area (Å²) in [5.74, 6) is -0.600. The topological polar surface area (TPSA) is 226 Å². The molecule has 1 rings (SSSR count). The number of aliphatic hydroxyl groups excluding tert-OH is 7. The van der Waals surface area contributed by atoms with Crippen LogP contribution in [0.2, 0.25) is 0 Å². The summed E-state index contributed by atoms with van der Waals surface area (Å²) in [5, 5.41) is 74.2. The van der Waals surface area contributed by atoms with Crippen LogP contribution in [0.25, 0.3) is 0 Å². The largest absolute Gasteiger partial charge is 0.472 e. The second kappa shape index (κ2) is 31.7. The van der Waals surface area contributed by atoms with Gasteiger partial charge in [0.1, 0.15) is 36.6 Å². The van der Waals surface area contributed by atoms with E-state index < -0.39 is 75.2 Å². The van der Waals surface area contributed by atoms with Crippen LogP contribution in [0.1, 0.15) is 168 Å². The highest BCUT2D eigenvalue weighted by atomic mass is 31.2. The molecular formula is C41H78NO12P. The van der Waals surface area contributed by atoms with Crippen LogP contribution in [-0.2, 0) is 18.4 Å². The first-order chi connectivity index (χ1) is 26.3. The van der Waals surface area contributed by atoms with Crippen LogP contribution in [0.15, 0.2) is 24.3 Å². The molecule has 1 aliphatic rings. The van der Waals surface area contributed by atoms with E-state index in [1.807, 2.05) is 0 Å². The molecule has 14 heteroatoms. The molecule has 55 heavy (non-hydrogen) atoms. The number of aliphatic hydroxyl groups is 7. The lowest BCUT2D eigenvalue weighted by atomic mass is 9.85. The molecule has 0 heterocycles. The number of hydrogen-bond acceptors (Lipinski definition) is 11. The number of carbonyl (C=O) groups excluding carboxylic acids is 1. The molecule has 0 bridgehead atoms. The third-order valence-corrected chi connectivity index (χ3v) is 11.3. The Kier molecular flexibility index (Phi) is 29.9. The maximum absolute atomic E-state index is 12.9. The first-order valence-corrected chi connectivity index (χ1v) is 22.9. The van der Waals surface area contributed by atoms with Gasteiger partial charge < -0.3 is 46.0 Å². The second-order valence-electron chi connectivity index (χ2n) is 15.4. The maximum atomic E-state index is 12.9. The molecule has 1 saturated carbocycles. The van der Waals surface area contributed by atoms with Crippen LogP contribution >= 0.6 is 7.82 Å². The number of rotatable bonds is 34. The van der Waals surface area contributed by atoms with Crippen molar-refractivity contribution in [3.8, 4) is 0 Å². The summed E-state index contributed by atoms with van der Waals surface area (Å²) in [5.41, 5.74) is 0. The summed E-state index contributed by atoms with van der Waals surface area (Å²) in [6, 6.07) is -1.24. The van der Waals surface area contributed by atoms with E-state index in [4.69, 9.17) is 9.05 Å². The van der Waals surface area contributed by atoms with Crippen LogP contribution < -0.4 is 5.32 Å². The Morgan fingerprint density at radius 1 is 0.636 bits per heavy atom. The van der Waals surface area contributed by atoms with E-state index in [2.05, 4.69) is 31.3 Å². The lowest BCUT2D eigenvalue weighted by Crippen LogP contribution is -2.64. The zero-order valence-corrected chi connectivity index (χ0v) is 34.7. The minimum absolute atomic E-state index is 0.250. The highest BCUT2D eigenvalue weighted by Crippen LogP contribution is 2.47. The van der Waals surface area contributed by atoms with Crippen LogP contribution in [0.4, 0.5) is 0 Å². The highest BCUT2D eigenvalue weighted by molar-refractivity contribution is 7.47. The molecule has 0 saturated heterocycles. The third-order valence-electron chi connectivity index (χ3n) is 10.3. The summed E-state index contributed by atoms with van der Waals surface area (Å²) < 4.78 is 22.8. The molecule has 0 aliphatic heterocycles. The SMILES string of the molecule is CCCCCC/C=C\CCCCCCCC(O)CC(=O)NC(COP(=O)(O)OC1C(O)C(O)C(O)C(O)C1O)C(O)/C=C/CCCCCCCCCCCC. The first-order valence-electron chi connectivity index (χ1n) is 21.4. The molecular weight excluding hydrogens is 729 g/mol. The lowest BCUT2D eigenvalue weighted by molar-refractivity contribution is -0.220. The maximum Gasteiger partial charge on any atom is 0.472 e. The number of phosphoric ester groups is 1. The Bertz CT molecular complexity index is 1050. The fourth-order valence-electron chi connectivity index (χ4n) is 6.70. The Morgan fingerprint density at radius 3 is 1.56 bits per heavy atom. The van der Waals surface area contributed by atoms with Crippen molar-refractivity contribution < 1.29 is 59.0 Å². The molecule has 1 amide bonds. The van der Waals surface area contributed by atoms with Crippen LogP contribution in [0.5, 0.6) is 0 Å². The molecule has 0 aromatic heterocycles. The van der Waals surface area contributed by atoms with Gasteiger partial charge in [-0.3, -0.25) is 13.8 Å². The van der Waals surface area contributed by atoms with E-state index in [0.29, 0.717) is 12.8 Å². The van der Waals surface area contributed by atoms with Crippen molar-refractivity contribution in [3.05, 3.63) is 24.3 Å². The minimum atomic E-state index is -5.13. The summed E-state index contributed by atoms with van der Waals surface area (Å²) >= 11 is 0. The Morgan fingerprint density at radius 2 is 1.05 bits per heavy atom. The fraction of sp³-hybridized carbons (Fsp3) is 0.878.